The molecule has 0 amide bonds. The molecule has 1 aliphatic heterocycles. The summed E-state index contributed by atoms with van der Waals surface area (Å²) < 4.78 is 6.81. The average Bonchev–Trinajstić information content (AvgIpc) is 3.06. The highest BCUT2D eigenvalue weighted by molar-refractivity contribution is 6.06. The van der Waals surface area contributed by atoms with Gasteiger partial charge in [0.25, 0.3) is 0 Å². The number of hydrogen-bond donors (Lipinski definition) is 0. The molecule has 0 aliphatic carbocycles. The second kappa shape index (κ2) is 6.93. The van der Waals surface area contributed by atoms with E-state index in [1.807, 2.05) is 37.3 Å². The topological polar surface area (TPSA) is 48.3 Å². The van der Waals surface area contributed by atoms with Crippen LogP contribution in [0.4, 0.5) is 0 Å². The third kappa shape index (κ3) is 3.48. The van der Waals surface area contributed by atoms with Gasteiger partial charge in [-0.3, -0.25) is 4.79 Å². The molecule has 3 rings (SSSR count). The summed E-state index contributed by atoms with van der Waals surface area (Å²) >= 11 is 0. The van der Waals surface area contributed by atoms with Crippen molar-refractivity contribution in [3.8, 4) is 5.69 Å². The number of esters is 2. The maximum atomic E-state index is 11.6. The summed E-state index contributed by atoms with van der Waals surface area (Å²) in [6, 6.07) is 12.4. The van der Waals surface area contributed by atoms with Crippen molar-refractivity contribution < 1.29 is 14.3 Å². The van der Waals surface area contributed by atoms with Gasteiger partial charge in [0.2, 0.25) is 0 Å². The highest BCUT2D eigenvalue weighted by atomic mass is 16.6. The third-order valence-corrected chi connectivity index (χ3v) is 4.51. The van der Waals surface area contributed by atoms with Crippen LogP contribution in [0, 0.1) is 13.8 Å². The Hall–Kier alpha value is -2.88. The minimum absolute atomic E-state index is 0.0670. The maximum absolute atomic E-state index is 11.6. The molecule has 4 nitrogen and oxygen atoms in total. The first-order chi connectivity index (χ1) is 12.0. The highest BCUT2D eigenvalue weighted by Gasteiger charge is 2.28. The monoisotopic (exact) mass is 335 g/mol. The summed E-state index contributed by atoms with van der Waals surface area (Å²) in [6.45, 7) is 6.04. The lowest BCUT2D eigenvalue weighted by molar-refractivity contribution is -0.151. The predicted molar refractivity (Wildman–Crippen MR) is 96.5 cm³/mol. The standard InChI is InChI=1S/C21H21NO3/c1-14(19-13-20(23)25-21(19)24)8-7-9-17-12-15(2)22(16(17)3)18-10-5-4-6-11-18/h4-8,10-12H,9,13H2,1-3H3/b8-7+,19-14?. The molecule has 0 radical (unpaired) electrons. The van der Waals surface area contributed by atoms with E-state index in [0.717, 1.165) is 17.7 Å². The van der Waals surface area contributed by atoms with E-state index < -0.39 is 11.9 Å². The second-order valence-corrected chi connectivity index (χ2v) is 6.27. The van der Waals surface area contributed by atoms with Crippen molar-refractivity contribution >= 4 is 11.9 Å². The average molecular weight is 335 g/mol. The number of carbonyl (C=O) groups excluding carboxylic acids is 2. The van der Waals surface area contributed by atoms with Crippen LogP contribution in [0.2, 0.25) is 0 Å². The molecular weight excluding hydrogens is 314 g/mol. The van der Waals surface area contributed by atoms with E-state index in [9.17, 15) is 9.59 Å². The fraction of sp³-hybridized carbons (Fsp3) is 0.238. The lowest BCUT2D eigenvalue weighted by Crippen LogP contribution is -1.99. The molecule has 0 atom stereocenters. The fourth-order valence-electron chi connectivity index (χ4n) is 3.19. The van der Waals surface area contributed by atoms with Crippen LogP contribution in [-0.2, 0) is 20.7 Å². The van der Waals surface area contributed by atoms with Crippen LogP contribution < -0.4 is 0 Å². The molecule has 1 aliphatic rings. The number of rotatable bonds is 4. The van der Waals surface area contributed by atoms with Gasteiger partial charge in [-0.2, -0.15) is 0 Å². The van der Waals surface area contributed by atoms with Crippen LogP contribution in [0.1, 0.15) is 30.3 Å². The van der Waals surface area contributed by atoms with Crippen molar-refractivity contribution in [3.63, 3.8) is 0 Å². The number of cyclic esters (lactones) is 2. The van der Waals surface area contributed by atoms with Crippen LogP contribution in [0.5, 0.6) is 0 Å². The fourth-order valence-corrected chi connectivity index (χ4v) is 3.19. The molecule has 0 spiro atoms. The number of aromatic nitrogens is 1. The molecule has 1 aromatic carbocycles. The molecule has 0 bridgehead atoms. The molecule has 0 N–H and O–H groups in total. The molecule has 2 heterocycles. The Labute approximate surface area is 147 Å². The minimum atomic E-state index is -0.519. The molecule has 0 saturated carbocycles. The van der Waals surface area contributed by atoms with Gasteiger partial charge in [-0.15, -0.1) is 0 Å². The van der Waals surface area contributed by atoms with Crippen molar-refractivity contribution in [1.29, 1.82) is 0 Å². The number of allylic oxidation sites excluding steroid dienone is 3. The van der Waals surface area contributed by atoms with Gasteiger partial charge in [0, 0.05) is 17.1 Å². The largest absolute Gasteiger partial charge is 0.389 e. The Kier molecular flexibility index (Phi) is 4.70. The molecule has 1 fully saturated rings. The number of ether oxygens (including phenoxy) is 1. The summed E-state index contributed by atoms with van der Waals surface area (Å²) in [6.07, 6.45) is 4.75. The van der Waals surface area contributed by atoms with E-state index in [2.05, 4.69) is 41.4 Å². The van der Waals surface area contributed by atoms with Gasteiger partial charge in [-0.1, -0.05) is 30.4 Å². The van der Waals surface area contributed by atoms with Crippen molar-refractivity contribution in [2.75, 3.05) is 0 Å². The molecule has 0 unspecified atom stereocenters. The van der Waals surface area contributed by atoms with Crippen LogP contribution in [0.3, 0.4) is 0 Å². The van der Waals surface area contributed by atoms with E-state index in [0.29, 0.717) is 5.57 Å². The van der Waals surface area contributed by atoms with Gasteiger partial charge < -0.3 is 9.30 Å². The quantitative estimate of drug-likeness (QED) is 0.482. The van der Waals surface area contributed by atoms with Crippen molar-refractivity contribution in [3.05, 3.63) is 76.6 Å². The summed E-state index contributed by atoms with van der Waals surface area (Å²) in [4.78, 5) is 22.8. The molecule has 4 heteroatoms. The molecule has 25 heavy (non-hydrogen) atoms. The molecular formula is C21H21NO3. The lowest BCUT2D eigenvalue weighted by atomic mass is 10.1. The molecule has 1 saturated heterocycles. The van der Waals surface area contributed by atoms with Crippen LogP contribution >= 0.6 is 0 Å². The first kappa shape index (κ1) is 17.0. The number of benzene rings is 1. The Morgan fingerprint density at radius 1 is 1.20 bits per heavy atom. The molecule has 2 aromatic rings. The van der Waals surface area contributed by atoms with Crippen LogP contribution in [0.15, 0.2) is 59.7 Å². The van der Waals surface area contributed by atoms with Crippen molar-refractivity contribution in [2.45, 2.75) is 33.6 Å². The van der Waals surface area contributed by atoms with Gasteiger partial charge in [-0.25, -0.2) is 4.79 Å². The summed E-state index contributed by atoms with van der Waals surface area (Å²) in [5.74, 6) is -0.992. The summed E-state index contributed by atoms with van der Waals surface area (Å²) in [5, 5.41) is 0. The van der Waals surface area contributed by atoms with Crippen LogP contribution in [0.25, 0.3) is 5.69 Å². The summed E-state index contributed by atoms with van der Waals surface area (Å²) in [5.41, 5.74) is 6.02. The number of para-hydroxylation sites is 1. The number of nitrogens with zero attached hydrogens (tertiary/aromatic N) is 1. The van der Waals surface area contributed by atoms with E-state index in [-0.39, 0.29) is 6.42 Å². The Bertz CT molecular complexity index is 885. The van der Waals surface area contributed by atoms with E-state index in [1.54, 1.807) is 0 Å². The number of hydrogen-bond acceptors (Lipinski definition) is 3. The van der Waals surface area contributed by atoms with Gasteiger partial charge >= 0.3 is 11.9 Å². The first-order valence-electron chi connectivity index (χ1n) is 8.32. The predicted octanol–water partition coefficient (Wildman–Crippen LogP) is 3.98. The Morgan fingerprint density at radius 3 is 2.56 bits per heavy atom. The zero-order valence-corrected chi connectivity index (χ0v) is 14.7. The zero-order chi connectivity index (χ0) is 18.0. The zero-order valence-electron chi connectivity index (χ0n) is 14.7. The minimum Gasteiger partial charge on any atom is -0.389 e. The normalized spacial score (nSPS) is 16.6. The van der Waals surface area contributed by atoms with Crippen molar-refractivity contribution in [2.24, 2.45) is 0 Å². The van der Waals surface area contributed by atoms with Gasteiger partial charge in [-0.05, 0) is 56.5 Å². The molecule has 128 valence electrons. The van der Waals surface area contributed by atoms with Crippen LogP contribution in [-0.4, -0.2) is 16.5 Å². The van der Waals surface area contributed by atoms with Crippen molar-refractivity contribution in [1.82, 2.24) is 4.57 Å². The SMILES string of the molecule is CC(/C=C/Cc1cc(C)n(-c2ccccc2)c1C)=C1CC(=O)OC1=O. The smallest absolute Gasteiger partial charge is 0.342 e. The maximum Gasteiger partial charge on any atom is 0.342 e. The third-order valence-electron chi connectivity index (χ3n) is 4.51. The van der Waals surface area contributed by atoms with Gasteiger partial charge in [0.05, 0.1) is 12.0 Å². The van der Waals surface area contributed by atoms with E-state index in [1.165, 1.54) is 17.0 Å². The molecule has 1 aromatic heterocycles. The first-order valence-corrected chi connectivity index (χ1v) is 8.32. The second-order valence-electron chi connectivity index (χ2n) is 6.27. The lowest BCUT2D eigenvalue weighted by Gasteiger charge is -2.09. The summed E-state index contributed by atoms with van der Waals surface area (Å²) in [7, 11) is 0. The van der Waals surface area contributed by atoms with E-state index in [4.69, 9.17) is 0 Å². The Balaban J connectivity index is 1.80. The Morgan fingerprint density at radius 2 is 1.92 bits per heavy atom. The van der Waals surface area contributed by atoms with Gasteiger partial charge in [0.15, 0.2) is 0 Å². The number of carbonyl (C=O) groups is 2. The van der Waals surface area contributed by atoms with E-state index >= 15 is 0 Å². The number of aryl methyl sites for hydroxylation is 1. The van der Waals surface area contributed by atoms with Gasteiger partial charge in [0.1, 0.15) is 0 Å². The highest BCUT2D eigenvalue weighted by Crippen LogP contribution is 2.22.